The van der Waals surface area contributed by atoms with Crippen LogP contribution in [0, 0.1) is 0 Å². The summed E-state index contributed by atoms with van der Waals surface area (Å²) < 4.78 is 27.9. The lowest BCUT2D eigenvalue weighted by Gasteiger charge is -2.41. The molecule has 1 aromatic heterocycles. The van der Waals surface area contributed by atoms with Crippen molar-refractivity contribution in [2.45, 2.75) is 50.3 Å². The molecule has 1 unspecified atom stereocenters. The number of aromatic nitrogens is 1. The smallest absolute Gasteiger partial charge is 0.289 e. The van der Waals surface area contributed by atoms with Crippen LogP contribution in [0.3, 0.4) is 0 Å². The molecule has 3 aromatic carbocycles. The third-order valence-electron chi connectivity index (χ3n) is 6.39. The zero-order valence-electron chi connectivity index (χ0n) is 20.2. The zero-order valence-corrected chi connectivity index (χ0v) is 22.9. The Kier molecular flexibility index (Phi) is 7.38. The van der Waals surface area contributed by atoms with E-state index < -0.39 is 30.8 Å². The fourth-order valence-electron chi connectivity index (χ4n) is 3.48. The average Bonchev–Trinajstić information content (AvgIpc) is 3.21. The number of para-hydroxylation sites is 1. The quantitative estimate of drug-likeness (QED) is 0.227. The van der Waals surface area contributed by atoms with Crippen molar-refractivity contribution in [3.8, 4) is 5.19 Å². The van der Waals surface area contributed by atoms with Gasteiger partial charge in [-0.05, 0) is 41.4 Å². The van der Waals surface area contributed by atoms with E-state index in [4.69, 9.17) is 8.61 Å². The van der Waals surface area contributed by atoms with E-state index in [0.717, 1.165) is 21.3 Å². The largest absolute Gasteiger partial charge is 0.408 e. The number of fused-ring (bicyclic) bond motifs is 1. The van der Waals surface area contributed by atoms with E-state index in [1.165, 1.54) is 11.3 Å². The highest BCUT2D eigenvalue weighted by atomic mass is 32.2. The van der Waals surface area contributed by atoms with E-state index in [9.17, 15) is 4.21 Å². The summed E-state index contributed by atoms with van der Waals surface area (Å²) in [4.78, 5) is 4.55. The minimum absolute atomic E-state index is 0.00332. The van der Waals surface area contributed by atoms with Crippen LogP contribution in [0.25, 0.3) is 10.2 Å². The first-order valence-corrected chi connectivity index (χ1v) is 16.2. The Morgan fingerprint density at radius 2 is 1.41 bits per heavy atom. The molecular formula is C27H31NO3S2Si. The normalized spacial score (nSPS) is 15.1. The van der Waals surface area contributed by atoms with Gasteiger partial charge in [-0.25, -0.2) is 9.19 Å². The summed E-state index contributed by atoms with van der Waals surface area (Å²) in [5.74, 6) is 0. The number of hydrogen-bond donors (Lipinski definition) is 0. The van der Waals surface area contributed by atoms with Crippen LogP contribution < -0.4 is 4.18 Å². The number of thiazole rings is 1. The standard InChI is InChI=1S/C27H31NO3S2Si/c1-27(2,3)34(4,5)31-24(20-14-8-6-9-15-20)25(21-16-10-7-11-17-21)33(29)30-26-28-22-18-12-13-19-23(22)32-26/h6-19,24-25H,1-5H3/t24-,25-,33?/m0/s1. The van der Waals surface area contributed by atoms with Gasteiger partial charge in [-0.2, -0.15) is 0 Å². The van der Waals surface area contributed by atoms with Gasteiger partial charge in [0, 0.05) is 0 Å². The Bertz CT molecular complexity index is 1220. The molecule has 0 fully saturated rings. The maximum Gasteiger partial charge on any atom is 0.289 e. The van der Waals surface area contributed by atoms with Crippen molar-refractivity contribution in [3.63, 3.8) is 0 Å². The molecule has 0 saturated heterocycles. The average molecular weight is 510 g/mol. The number of hydrogen-bond acceptors (Lipinski definition) is 5. The van der Waals surface area contributed by atoms with Crippen molar-refractivity contribution in [2.24, 2.45) is 0 Å². The highest BCUT2D eigenvalue weighted by Crippen LogP contribution is 2.45. The summed E-state index contributed by atoms with van der Waals surface area (Å²) in [6.07, 6.45) is -0.431. The van der Waals surface area contributed by atoms with E-state index >= 15 is 0 Å². The van der Waals surface area contributed by atoms with Crippen LogP contribution in [0.2, 0.25) is 18.1 Å². The Morgan fingerprint density at radius 1 is 0.853 bits per heavy atom. The second-order valence-corrected chi connectivity index (χ2v) is 16.8. The molecule has 0 spiro atoms. The molecule has 3 atom stereocenters. The van der Waals surface area contributed by atoms with Crippen LogP contribution in [0.4, 0.5) is 0 Å². The van der Waals surface area contributed by atoms with Crippen LogP contribution in [-0.4, -0.2) is 17.5 Å². The molecule has 0 bridgehead atoms. The molecule has 34 heavy (non-hydrogen) atoms. The first-order valence-electron chi connectivity index (χ1n) is 11.4. The molecule has 4 rings (SSSR count). The summed E-state index contributed by atoms with van der Waals surface area (Å²) in [6, 6.07) is 27.8. The fraction of sp³-hybridized carbons (Fsp3) is 0.296. The Hall–Kier alpha value is -2.32. The topological polar surface area (TPSA) is 48.4 Å². The van der Waals surface area contributed by atoms with Crippen molar-refractivity contribution in [1.29, 1.82) is 0 Å². The maximum absolute atomic E-state index is 13.9. The van der Waals surface area contributed by atoms with Gasteiger partial charge in [-0.1, -0.05) is 105 Å². The molecular weight excluding hydrogens is 479 g/mol. The third-order valence-corrected chi connectivity index (χ3v) is 13.1. The highest BCUT2D eigenvalue weighted by Gasteiger charge is 2.43. The summed E-state index contributed by atoms with van der Waals surface area (Å²) in [7, 11) is -2.21. The summed E-state index contributed by atoms with van der Waals surface area (Å²) in [5, 5.41) is -0.124. The van der Waals surface area contributed by atoms with E-state index in [2.05, 4.69) is 38.8 Å². The lowest BCUT2D eigenvalue weighted by molar-refractivity contribution is 0.176. The molecule has 0 aliphatic heterocycles. The maximum atomic E-state index is 13.9. The lowest BCUT2D eigenvalue weighted by atomic mass is 10.0. The van der Waals surface area contributed by atoms with Gasteiger partial charge >= 0.3 is 0 Å². The first-order chi connectivity index (χ1) is 16.2. The first kappa shape index (κ1) is 24.8. The van der Waals surface area contributed by atoms with Crippen LogP contribution in [0.5, 0.6) is 5.19 Å². The van der Waals surface area contributed by atoms with Gasteiger partial charge in [0.05, 0.1) is 16.3 Å². The van der Waals surface area contributed by atoms with Crippen molar-refractivity contribution < 1.29 is 12.8 Å². The van der Waals surface area contributed by atoms with Gasteiger partial charge in [0.15, 0.2) is 8.32 Å². The van der Waals surface area contributed by atoms with E-state index in [-0.39, 0.29) is 5.04 Å². The van der Waals surface area contributed by atoms with E-state index in [1.54, 1.807) is 0 Å². The monoisotopic (exact) mass is 509 g/mol. The minimum Gasteiger partial charge on any atom is -0.408 e. The molecule has 0 aliphatic rings. The third kappa shape index (κ3) is 5.49. The Balaban J connectivity index is 1.77. The summed E-state index contributed by atoms with van der Waals surface area (Å²) >= 11 is -0.329. The molecule has 0 amide bonds. The fourth-order valence-corrected chi connectivity index (χ4v) is 6.95. The number of benzene rings is 3. The van der Waals surface area contributed by atoms with Gasteiger partial charge in [-0.3, -0.25) is 0 Å². The van der Waals surface area contributed by atoms with Crippen LogP contribution in [0.15, 0.2) is 84.9 Å². The molecule has 1 heterocycles. The Morgan fingerprint density at radius 3 is 2.00 bits per heavy atom. The zero-order chi connectivity index (χ0) is 24.3. The van der Waals surface area contributed by atoms with Crippen LogP contribution in [-0.2, 0) is 15.5 Å². The van der Waals surface area contributed by atoms with Crippen molar-refractivity contribution in [3.05, 3.63) is 96.1 Å². The predicted molar refractivity (Wildman–Crippen MR) is 145 cm³/mol. The number of nitrogens with zero attached hydrogens (tertiary/aromatic N) is 1. The SMILES string of the molecule is CC(C)(C)[Si](C)(C)O[C@@H](c1ccccc1)[C@H](c1ccccc1)S(=O)Oc1nc2ccccc2s1. The van der Waals surface area contributed by atoms with E-state index in [0.29, 0.717) is 5.19 Å². The van der Waals surface area contributed by atoms with E-state index in [1.807, 2.05) is 84.9 Å². The molecule has 7 heteroatoms. The van der Waals surface area contributed by atoms with Crippen LogP contribution >= 0.6 is 11.3 Å². The van der Waals surface area contributed by atoms with Gasteiger partial charge in [0.1, 0.15) is 5.25 Å². The van der Waals surface area contributed by atoms with Gasteiger partial charge in [0.2, 0.25) is 11.1 Å². The summed E-state index contributed by atoms with van der Waals surface area (Å²) in [6.45, 7) is 11.1. The lowest BCUT2D eigenvalue weighted by Crippen LogP contribution is -2.43. The minimum atomic E-state index is -2.21. The molecule has 0 N–H and O–H groups in total. The molecule has 0 aliphatic carbocycles. The molecule has 4 nitrogen and oxygen atoms in total. The van der Waals surface area contributed by atoms with Gasteiger partial charge < -0.3 is 8.61 Å². The van der Waals surface area contributed by atoms with Gasteiger partial charge in [0.25, 0.3) is 5.19 Å². The molecule has 0 radical (unpaired) electrons. The van der Waals surface area contributed by atoms with Gasteiger partial charge in [-0.15, -0.1) is 0 Å². The van der Waals surface area contributed by atoms with Crippen molar-refractivity contribution in [2.75, 3.05) is 0 Å². The second kappa shape index (κ2) is 10.1. The van der Waals surface area contributed by atoms with Crippen molar-refractivity contribution in [1.82, 2.24) is 4.98 Å². The van der Waals surface area contributed by atoms with Crippen LogP contribution in [0.1, 0.15) is 43.3 Å². The Labute approximate surface area is 209 Å². The molecule has 4 aromatic rings. The second-order valence-electron chi connectivity index (χ2n) is 9.83. The molecule has 178 valence electrons. The summed E-state index contributed by atoms with van der Waals surface area (Å²) in [5.41, 5.74) is 2.74. The highest BCUT2D eigenvalue weighted by molar-refractivity contribution is 7.81. The molecule has 0 saturated carbocycles. The number of rotatable bonds is 8. The van der Waals surface area contributed by atoms with Crippen molar-refractivity contribution >= 4 is 41.0 Å². The predicted octanol–water partition coefficient (Wildman–Crippen LogP) is 7.84.